The Morgan fingerprint density at radius 1 is 1.36 bits per heavy atom. The fraction of sp³-hybridized carbons (Fsp3) is 0.200. The molecule has 1 aromatic heterocycles. The van der Waals surface area contributed by atoms with Crippen LogP contribution in [0.3, 0.4) is 0 Å². The van der Waals surface area contributed by atoms with E-state index in [1.54, 1.807) is 0 Å². The van der Waals surface area contributed by atoms with Crippen LogP contribution in [0.1, 0.15) is 11.5 Å². The summed E-state index contributed by atoms with van der Waals surface area (Å²) in [4.78, 5) is 8.57. The summed E-state index contributed by atoms with van der Waals surface area (Å²) < 4.78 is 0. The van der Waals surface area contributed by atoms with Crippen LogP contribution in [0.25, 0.3) is 10.9 Å². The molecule has 0 bridgehead atoms. The van der Waals surface area contributed by atoms with Crippen LogP contribution in [0, 0.1) is 6.92 Å². The van der Waals surface area contributed by atoms with Crippen molar-refractivity contribution in [3.05, 3.63) is 34.7 Å². The molecule has 0 aliphatic heterocycles. The standard InChI is InChI=1S/C10H10ClN3/c1-6-13-9-3-2-7(11)4-8(9)10(5-12)14-6/h2-4H,5,12H2,1H3. The van der Waals surface area contributed by atoms with E-state index < -0.39 is 0 Å². The number of nitrogens with two attached hydrogens (primary N) is 1. The molecule has 3 nitrogen and oxygen atoms in total. The molecule has 0 saturated carbocycles. The molecule has 2 rings (SSSR count). The molecule has 0 atom stereocenters. The number of aromatic nitrogens is 2. The molecule has 0 amide bonds. The summed E-state index contributed by atoms with van der Waals surface area (Å²) in [6.45, 7) is 2.26. The van der Waals surface area contributed by atoms with Crippen LogP contribution in [-0.2, 0) is 6.54 Å². The molecule has 0 spiro atoms. The van der Waals surface area contributed by atoms with Crippen LogP contribution in [0.5, 0.6) is 0 Å². The van der Waals surface area contributed by atoms with Gasteiger partial charge >= 0.3 is 0 Å². The smallest absolute Gasteiger partial charge is 0.126 e. The molecular formula is C10H10ClN3. The van der Waals surface area contributed by atoms with Crippen LogP contribution in [0.15, 0.2) is 18.2 Å². The molecule has 2 aromatic rings. The maximum atomic E-state index is 5.89. The monoisotopic (exact) mass is 207 g/mol. The topological polar surface area (TPSA) is 51.8 Å². The van der Waals surface area contributed by atoms with Crippen LogP contribution in [0.2, 0.25) is 5.02 Å². The summed E-state index contributed by atoms with van der Waals surface area (Å²) >= 11 is 5.89. The van der Waals surface area contributed by atoms with Gasteiger partial charge in [-0.3, -0.25) is 0 Å². The second-order valence-corrected chi connectivity index (χ2v) is 3.52. The molecule has 4 heteroatoms. The highest BCUT2D eigenvalue weighted by atomic mass is 35.5. The van der Waals surface area contributed by atoms with Gasteiger partial charge in [-0.2, -0.15) is 0 Å². The predicted molar refractivity (Wildman–Crippen MR) is 57.2 cm³/mol. The Labute approximate surface area is 86.9 Å². The van der Waals surface area contributed by atoms with Crippen molar-refractivity contribution in [3.63, 3.8) is 0 Å². The van der Waals surface area contributed by atoms with Crippen molar-refractivity contribution in [1.82, 2.24) is 9.97 Å². The van der Waals surface area contributed by atoms with Crippen molar-refractivity contribution in [2.75, 3.05) is 0 Å². The average molecular weight is 208 g/mol. The van der Waals surface area contributed by atoms with Gasteiger partial charge in [-0.25, -0.2) is 9.97 Å². The van der Waals surface area contributed by atoms with E-state index >= 15 is 0 Å². The van der Waals surface area contributed by atoms with Crippen molar-refractivity contribution in [2.45, 2.75) is 13.5 Å². The summed E-state index contributed by atoms with van der Waals surface area (Å²) in [5, 5.41) is 1.62. The van der Waals surface area contributed by atoms with Crippen LogP contribution in [0.4, 0.5) is 0 Å². The van der Waals surface area contributed by atoms with Crippen molar-refractivity contribution in [2.24, 2.45) is 5.73 Å². The molecule has 0 radical (unpaired) electrons. The maximum Gasteiger partial charge on any atom is 0.126 e. The SMILES string of the molecule is Cc1nc(CN)c2cc(Cl)ccc2n1. The Morgan fingerprint density at radius 2 is 2.14 bits per heavy atom. The maximum absolute atomic E-state index is 5.89. The fourth-order valence-electron chi connectivity index (χ4n) is 1.45. The van der Waals surface area contributed by atoms with E-state index in [1.165, 1.54) is 0 Å². The second kappa shape index (κ2) is 3.52. The molecule has 14 heavy (non-hydrogen) atoms. The van der Waals surface area contributed by atoms with E-state index in [2.05, 4.69) is 9.97 Å². The summed E-state index contributed by atoms with van der Waals surface area (Å²) in [6, 6.07) is 5.54. The van der Waals surface area contributed by atoms with Crippen LogP contribution in [-0.4, -0.2) is 9.97 Å². The number of benzene rings is 1. The molecule has 1 aromatic carbocycles. The van der Waals surface area contributed by atoms with E-state index in [-0.39, 0.29) is 0 Å². The number of rotatable bonds is 1. The van der Waals surface area contributed by atoms with Gasteiger partial charge < -0.3 is 5.73 Å². The molecule has 0 fully saturated rings. The third-order valence-electron chi connectivity index (χ3n) is 2.04. The lowest BCUT2D eigenvalue weighted by Crippen LogP contribution is -2.03. The zero-order valence-corrected chi connectivity index (χ0v) is 8.54. The summed E-state index contributed by atoms with van der Waals surface area (Å²) in [6.07, 6.45) is 0. The van der Waals surface area contributed by atoms with Crippen LogP contribution >= 0.6 is 11.6 Å². The molecule has 0 aliphatic rings. The second-order valence-electron chi connectivity index (χ2n) is 3.08. The number of halogens is 1. The van der Waals surface area contributed by atoms with Gasteiger partial charge in [0.1, 0.15) is 5.82 Å². The number of hydrogen-bond acceptors (Lipinski definition) is 3. The summed E-state index contributed by atoms with van der Waals surface area (Å²) in [5.41, 5.74) is 7.34. The van der Waals surface area contributed by atoms with Gasteiger partial charge in [0, 0.05) is 17.0 Å². The molecule has 2 N–H and O–H groups in total. The Kier molecular flexibility index (Phi) is 2.35. The third-order valence-corrected chi connectivity index (χ3v) is 2.28. The van der Waals surface area contributed by atoms with E-state index in [1.807, 2.05) is 25.1 Å². The predicted octanol–water partition coefficient (Wildman–Crippen LogP) is 2.05. The first-order chi connectivity index (χ1) is 6.70. The Hall–Kier alpha value is -1.19. The fourth-order valence-corrected chi connectivity index (χ4v) is 1.62. The summed E-state index contributed by atoms with van der Waals surface area (Å²) in [5.74, 6) is 0.736. The van der Waals surface area contributed by atoms with Gasteiger partial charge in [-0.05, 0) is 25.1 Å². The van der Waals surface area contributed by atoms with Gasteiger partial charge in [-0.15, -0.1) is 0 Å². The highest BCUT2D eigenvalue weighted by Gasteiger charge is 2.04. The molecule has 72 valence electrons. The van der Waals surface area contributed by atoms with E-state index in [0.717, 1.165) is 22.4 Å². The first-order valence-corrected chi connectivity index (χ1v) is 4.71. The normalized spacial score (nSPS) is 10.8. The largest absolute Gasteiger partial charge is 0.325 e. The van der Waals surface area contributed by atoms with Gasteiger partial charge in [0.25, 0.3) is 0 Å². The molecule has 1 heterocycles. The quantitative estimate of drug-likeness (QED) is 0.779. The molecular weight excluding hydrogens is 198 g/mol. The van der Waals surface area contributed by atoms with E-state index in [0.29, 0.717) is 11.6 Å². The lowest BCUT2D eigenvalue weighted by molar-refractivity contribution is 0.954. The van der Waals surface area contributed by atoms with Gasteiger partial charge in [0.15, 0.2) is 0 Å². The Morgan fingerprint density at radius 3 is 2.86 bits per heavy atom. The van der Waals surface area contributed by atoms with E-state index in [9.17, 15) is 0 Å². The number of fused-ring (bicyclic) bond motifs is 1. The molecule has 0 aliphatic carbocycles. The minimum atomic E-state index is 0.403. The molecule has 0 saturated heterocycles. The zero-order valence-electron chi connectivity index (χ0n) is 7.79. The van der Waals surface area contributed by atoms with Crippen molar-refractivity contribution < 1.29 is 0 Å². The van der Waals surface area contributed by atoms with Gasteiger partial charge in [0.05, 0.1) is 11.2 Å². The lowest BCUT2D eigenvalue weighted by Gasteiger charge is -2.04. The van der Waals surface area contributed by atoms with Crippen molar-refractivity contribution >= 4 is 22.5 Å². The summed E-state index contributed by atoms with van der Waals surface area (Å²) in [7, 11) is 0. The number of nitrogens with zero attached hydrogens (tertiary/aromatic N) is 2. The van der Waals surface area contributed by atoms with E-state index in [4.69, 9.17) is 17.3 Å². The highest BCUT2D eigenvalue weighted by Crippen LogP contribution is 2.20. The van der Waals surface area contributed by atoms with Crippen molar-refractivity contribution in [1.29, 1.82) is 0 Å². The minimum absolute atomic E-state index is 0.403. The Balaban J connectivity index is 2.81. The Bertz CT molecular complexity index is 482. The third kappa shape index (κ3) is 1.56. The van der Waals surface area contributed by atoms with Crippen molar-refractivity contribution in [3.8, 4) is 0 Å². The first-order valence-electron chi connectivity index (χ1n) is 4.33. The molecule has 0 unspecified atom stereocenters. The average Bonchev–Trinajstić information content (AvgIpc) is 2.17. The first kappa shape index (κ1) is 9.37. The highest BCUT2D eigenvalue weighted by molar-refractivity contribution is 6.31. The van der Waals surface area contributed by atoms with Gasteiger partial charge in [-0.1, -0.05) is 11.6 Å². The number of hydrogen-bond donors (Lipinski definition) is 1. The van der Waals surface area contributed by atoms with Crippen LogP contribution < -0.4 is 5.73 Å². The minimum Gasteiger partial charge on any atom is -0.325 e. The van der Waals surface area contributed by atoms with Gasteiger partial charge in [0.2, 0.25) is 0 Å². The zero-order chi connectivity index (χ0) is 10.1. The lowest BCUT2D eigenvalue weighted by atomic mass is 10.2. The number of aryl methyl sites for hydroxylation is 1.